The SMILES string of the molecule is O=C(CNCCc1ccccc1)N1CCN(c2ncccn2)CC1. The summed E-state index contributed by atoms with van der Waals surface area (Å²) in [5.74, 6) is 0.905. The highest BCUT2D eigenvalue weighted by molar-refractivity contribution is 5.78. The molecule has 6 heteroatoms. The first-order chi connectivity index (χ1) is 11.8. The standard InChI is InChI=1S/C18H23N5O/c24-17(15-19-10-7-16-5-2-1-3-6-16)22-11-13-23(14-12-22)18-20-8-4-9-21-18/h1-6,8-9,19H,7,10-15H2. The first-order valence-corrected chi connectivity index (χ1v) is 8.37. The molecule has 0 atom stereocenters. The molecule has 1 amide bonds. The lowest BCUT2D eigenvalue weighted by Crippen LogP contribution is -2.51. The number of anilines is 1. The Hall–Kier alpha value is -2.47. The Labute approximate surface area is 142 Å². The van der Waals surface area contributed by atoms with Gasteiger partial charge in [-0.25, -0.2) is 9.97 Å². The molecule has 0 bridgehead atoms. The van der Waals surface area contributed by atoms with E-state index in [1.807, 2.05) is 29.2 Å². The third kappa shape index (κ3) is 4.52. The number of carbonyl (C=O) groups excluding carboxylic acids is 1. The molecule has 1 fully saturated rings. The molecular weight excluding hydrogens is 302 g/mol. The van der Waals surface area contributed by atoms with E-state index < -0.39 is 0 Å². The van der Waals surface area contributed by atoms with Crippen molar-refractivity contribution in [2.75, 3.05) is 44.2 Å². The summed E-state index contributed by atoms with van der Waals surface area (Å²) >= 11 is 0. The van der Waals surface area contributed by atoms with Crippen LogP contribution in [0.4, 0.5) is 5.95 Å². The van der Waals surface area contributed by atoms with Crippen molar-refractivity contribution in [1.82, 2.24) is 20.2 Å². The van der Waals surface area contributed by atoms with Crippen LogP contribution in [0.25, 0.3) is 0 Å². The summed E-state index contributed by atoms with van der Waals surface area (Å²) in [7, 11) is 0. The number of benzene rings is 1. The summed E-state index contributed by atoms with van der Waals surface area (Å²) in [6, 6.07) is 12.1. The zero-order chi connectivity index (χ0) is 16.6. The lowest BCUT2D eigenvalue weighted by atomic mass is 10.1. The van der Waals surface area contributed by atoms with Crippen LogP contribution in [0.2, 0.25) is 0 Å². The second kappa shape index (κ2) is 8.40. The summed E-state index contributed by atoms with van der Waals surface area (Å²) in [5.41, 5.74) is 1.29. The third-order valence-electron chi connectivity index (χ3n) is 4.18. The molecule has 1 aromatic carbocycles. The van der Waals surface area contributed by atoms with Gasteiger partial charge < -0.3 is 15.1 Å². The fourth-order valence-corrected chi connectivity index (χ4v) is 2.79. The molecule has 24 heavy (non-hydrogen) atoms. The Morgan fingerprint density at radius 2 is 1.71 bits per heavy atom. The van der Waals surface area contributed by atoms with Crippen LogP contribution in [-0.2, 0) is 11.2 Å². The van der Waals surface area contributed by atoms with Crippen LogP contribution in [0.1, 0.15) is 5.56 Å². The smallest absolute Gasteiger partial charge is 0.236 e. The minimum Gasteiger partial charge on any atom is -0.338 e. The van der Waals surface area contributed by atoms with Crippen LogP contribution >= 0.6 is 0 Å². The fourth-order valence-electron chi connectivity index (χ4n) is 2.79. The average Bonchev–Trinajstić information content (AvgIpc) is 2.67. The van der Waals surface area contributed by atoms with Gasteiger partial charge in [-0.2, -0.15) is 0 Å². The van der Waals surface area contributed by atoms with Crippen LogP contribution in [0.15, 0.2) is 48.8 Å². The Morgan fingerprint density at radius 1 is 1.00 bits per heavy atom. The van der Waals surface area contributed by atoms with Gasteiger partial charge in [0, 0.05) is 38.6 Å². The molecule has 1 aliphatic rings. The molecule has 6 nitrogen and oxygen atoms in total. The van der Waals surface area contributed by atoms with Crippen LogP contribution in [0, 0.1) is 0 Å². The van der Waals surface area contributed by atoms with E-state index in [1.54, 1.807) is 12.4 Å². The van der Waals surface area contributed by atoms with Crippen LogP contribution < -0.4 is 10.2 Å². The summed E-state index contributed by atoms with van der Waals surface area (Å²) in [4.78, 5) is 24.8. The molecule has 1 N–H and O–H groups in total. The minimum absolute atomic E-state index is 0.164. The molecule has 0 radical (unpaired) electrons. The van der Waals surface area contributed by atoms with Crippen molar-refractivity contribution in [3.63, 3.8) is 0 Å². The molecule has 126 valence electrons. The summed E-state index contributed by atoms with van der Waals surface area (Å²) in [6.07, 6.45) is 4.43. The number of rotatable bonds is 6. The van der Waals surface area contributed by atoms with Crippen molar-refractivity contribution in [3.8, 4) is 0 Å². The highest BCUT2D eigenvalue weighted by Gasteiger charge is 2.21. The normalized spacial score (nSPS) is 14.7. The topological polar surface area (TPSA) is 61.4 Å². The highest BCUT2D eigenvalue weighted by Crippen LogP contribution is 2.09. The molecule has 1 aliphatic heterocycles. The van der Waals surface area contributed by atoms with E-state index in [2.05, 4.69) is 32.3 Å². The maximum Gasteiger partial charge on any atom is 0.236 e. The van der Waals surface area contributed by atoms with Crippen molar-refractivity contribution in [3.05, 3.63) is 54.4 Å². The third-order valence-corrected chi connectivity index (χ3v) is 4.18. The van der Waals surface area contributed by atoms with Gasteiger partial charge in [-0.15, -0.1) is 0 Å². The minimum atomic E-state index is 0.164. The van der Waals surface area contributed by atoms with Gasteiger partial charge in [0.2, 0.25) is 11.9 Å². The number of amides is 1. The molecule has 0 aliphatic carbocycles. The van der Waals surface area contributed by atoms with Crippen molar-refractivity contribution >= 4 is 11.9 Å². The predicted molar refractivity (Wildman–Crippen MR) is 93.8 cm³/mol. The first kappa shape index (κ1) is 16.4. The van der Waals surface area contributed by atoms with Crippen LogP contribution in [0.3, 0.4) is 0 Å². The molecular formula is C18H23N5O. The first-order valence-electron chi connectivity index (χ1n) is 8.37. The largest absolute Gasteiger partial charge is 0.338 e. The summed E-state index contributed by atoms with van der Waals surface area (Å²) in [5, 5.41) is 3.24. The van der Waals surface area contributed by atoms with E-state index in [0.29, 0.717) is 6.54 Å². The zero-order valence-corrected chi connectivity index (χ0v) is 13.8. The number of hydrogen-bond acceptors (Lipinski definition) is 5. The number of piperazine rings is 1. The average molecular weight is 325 g/mol. The van der Waals surface area contributed by atoms with Crippen molar-refractivity contribution in [1.29, 1.82) is 0 Å². The second-order valence-corrected chi connectivity index (χ2v) is 5.83. The zero-order valence-electron chi connectivity index (χ0n) is 13.8. The quantitative estimate of drug-likeness (QED) is 0.802. The van der Waals surface area contributed by atoms with E-state index in [0.717, 1.165) is 45.1 Å². The van der Waals surface area contributed by atoms with E-state index in [1.165, 1.54) is 5.56 Å². The predicted octanol–water partition coefficient (Wildman–Crippen LogP) is 0.957. The number of nitrogens with one attached hydrogen (secondary N) is 1. The van der Waals surface area contributed by atoms with Crippen LogP contribution in [0.5, 0.6) is 0 Å². The maximum atomic E-state index is 12.3. The maximum absolute atomic E-state index is 12.3. The van der Waals surface area contributed by atoms with E-state index in [-0.39, 0.29) is 5.91 Å². The lowest BCUT2D eigenvalue weighted by molar-refractivity contribution is -0.130. The lowest BCUT2D eigenvalue weighted by Gasteiger charge is -2.34. The number of nitrogens with zero attached hydrogens (tertiary/aromatic N) is 4. The van der Waals surface area contributed by atoms with Gasteiger partial charge >= 0.3 is 0 Å². The van der Waals surface area contributed by atoms with Crippen LogP contribution in [-0.4, -0.2) is 60.0 Å². The van der Waals surface area contributed by atoms with E-state index in [4.69, 9.17) is 0 Å². The molecule has 1 aromatic heterocycles. The molecule has 0 spiro atoms. The van der Waals surface area contributed by atoms with Gasteiger partial charge in [0.15, 0.2) is 0 Å². The van der Waals surface area contributed by atoms with Gasteiger partial charge in [0.05, 0.1) is 6.54 Å². The number of carbonyl (C=O) groups is 1. The molecule has 0 saturated carbocycles. The number of aromatic nitrogens is 2. The second-order valence-electron chi connectivity index (χ2n) is 5.83. The molecule has 3 rings (SSSR count). The highest BCUT2D eigenvalue weighted by atomic mass is 16.2. The van der Waals surface area contributed by atoms with Gasteiger partial charge in [-0.05, 0) is 24.6 Å². The van der Waals surface area contributed by atoms with Crippen molar-refractivity contribution < 1.29 is 4.79 Å². The van der Waals surface area contributed by atoms with Gasteiger partial charge in [0.25, 0.3) is 0 Å². The summed E-state index contributed by atoms with van der Waals surface area (Å²) in [6.45, 7) is 4.21. The summed E-state index contributed by atoms with van der Waals surface area (Å²) < 4.78 is 0. The molecule has 2 aromatic rings. The van der Waals surface area contributed by atoms with Gasteiger partial charge in [-0.3, -0.25) is 4.79 Å². The molecule has 2 heterocycles. The van der Waals surface area contributed by atoms with Crippen molar-refractivity contribution in [2.24, 2.45) is 0 Å². The number of hydrogen-bond donors (Lipinski definition) is 1. The molecule has 1 saturated heterocycles. The van der Waals surface area contributed by atoms with E-state index >= 15 is 0 Å². The Balaban J connectivity index is 1.36. The Kier molecular flexibility index (Phi) is 5.74. The Morgan fingerprint density at radius 3 is 2.42 bits per heavy atom. The monoisotopic (exact) mass is 325 g/mol. The van der Waals surface area contributed by atoms with Gasteiger partial charge in [0.1, 0.15) is 0 Å². The molecule has 0 unspecified atom stereocenters. The Bertz CT molecular complexity index is 626. The van der Waals surface area contributed by atoms with Gasteiger partial charge in [-0.1, -0.05) is 30.3 Å². The fraction of sp³-hybridized carbons (Fsp3) is 0.389. The van der Waals surface area contributed by atoms with E-state index in [9.17, 15) is 4.79 Å². The van der Waals surface area contributed by atoms with Crippen molar-refractivity contribution in [2.45, 2.75) is 6.42 Å².